The minimum atomic E-state index is -1.61. The average molecular weight is 250 g/mol. The van der Waals surface area contributed by atoms with Crippen LogP contribution in [0.2, 0.25) is 0 Å². The lowest BCUT2D eigenvalue weighted by Gasteiger charge is -2.39. The molecule has 0 spiro atoms. The average Bonchev–Trinajstić information content (AvgIpc) is 2.29. The van der Waals surface area contributed by atoms with Crippen molar-refractivity contribution in [3.63, 3.8) is 0 Å². The number of aliphatic hydroxyl groups excluding tert-OH is 4. The topological polar surface area (TPSA) is 116 Å². The van der Waals surface area contributed by atoms with Crippen molar-refractivity contribution in [1.29, 1.82) is 0 Å². The summed E-state index contributed by atoms with van der Waals surface area (Å²) in [7, 11) is 0. The summed E-state index contributed by atoms with van der Waals surface area (Å²) in [6, 6.07) is 0. The second-order valence-electron chi connectivity index (χ2n) is 4.29. The minimum absolute atomic E-state index is 0.412. The van der Waals surface area contributed by atoms with Crippen molar-refractivity contribution in [3.8, 4) is 0 Å². The first-order valence-electron chi connectivity index (χ1n) is 5.39. The van der Waals surface area contributed by atoms with E-state index >= 15 is 0 Å². The molecule has 0 aromatic rings. The van der Waals surface area contributed by atoms with E-state index < -0.39 is 49.2 Å². The summed E-state index contributed by atoms with van der Waals surface area (Å²) in [4.78, 5) is 11.4. The second-order valence-corrected chi connectivity index (χ2v) is 4.29. The molecule has 1 aliphatic heterocycles. The third-order valence-electron chi connectivity index (χ3n) is 2.56. The van der Waals surface area contributed by atoms with Crippen LogP contribution in [-0.4, -0.2) is 63.7 Å². The first-order valence-corrected chi connectivity index (χ1v) is 5.39. The summed E-state index contributed by atoms with van der Waals surface area (Å²) in [5.74, 6) is -0.995. The zero-order valence-corrected chi connectivity index (χ0v) is 9.68. The lowest BCUT2D eigenvalue weighted by atomic mass is 9.99. The first kappa shape index (κ1) is 14.3. The number of rotatable bonds is 3. The molecular weight excluding hydrogens is 232 g/mol. The van der Waals surface area contributed by atoms with Crippen LogP contribution in [0.3, 0.4) is 0 Å². The van der Waals surface area contributed by atoms with Gasteiger partial charge in [0.05, 0.1) is 12.5 Å². The molecule has 1 aliphatic rings. The van der Waals surface area contributed by atoms with Crippen molar-refractivity contribution in [2.24, 2.45) is 5.92 Å². The number of hydrogen-bond acceptors (Lipinski definition) is 7. The van der Waals surface area contributed by atoms with Crippen LogP contribution in [0.4, 0.5) is 0 Å². The van der Waals surface area contributed by atoms with Crippen LogP contribution >= 0.6 is 0 Å². The number of carbonyl (C=O) groups is 1. The van der Waals surface area contributed by atoms with Crippen molar-refractivity contribution in [3.05, 3.63) is 0 Å². The fraction of sp³-hybridized carbons (Fsp3) is 0.900. The molecule has 17 heavy (non-hydrogen) atoms. The molecule has 0 aromatic heterocycles. The third-order valence-corrected chi connectivity index (χ3v) is 2.56. The summed E-state index contributed by atoms with van der Waals surface area (Å²) in [5, 5.41) is 37.3. The molecule has 5 atom stereocenters. The fourth-order valence-corrected chi connectivity index (χ4v) is 1.48. The summed E-state index contributed by atoms with van der Waals surface area (Å²) >= 11 is 0. The lowest BCUT2D eigenvalue weighted by Crippen LogP contribution is -2.60. The number of carbonyl (C=O) groups excluding carboxylic acids is 1. The van der Waals surface area contributed by atoms with E-state index in [4.69, 9.17) is 14.6 Å². The number of ether oxygens (including phenoxy) is 2. The summed E-state index contributed by atoms with van der Waals surface area (Å²) in [6.45, 7) is 2.67. The van der Waals surface area contributed by atoms with Crippen LogP contribution in [0, 0.1) is 5.92 Å². The van der Waals surface area contributed by atoms with Gasteiger partial charge in [-0.1, -0.05) is 13.8 Å². The van der Waals surface area contributed by atoms with Gasteiger partial charge in [0.25, 0.3) is 0 Å². The molecule has 0 aromatic carbocycles. The monoisotopic (exact) mass is 250 g/mol. The maximum absolute atomic E-state index is 11.4. The van der Waals surface area contributed by atoms with Crippen LogP contribution in [-0.2, 0) is 14.3 Å². The molecule has 1 saturated heterocycles. The van der Waals surface area contributed by atoms with E-state index in [1.165, 1.54) is 0 Å². The van der Waals surface area contributed by atoms with Gasteiger partial charge in [0.2, 0.25) is 0 Å². The Kier molecular flexibility index (Phi) is 4.84. The van der Waals surface area contributed by atoms with Crippen molar-refractivity contribution in [2.75, 3.05) is 6.61 Å². The standard InChI is InChI=1S/C10H18O7/c1-4(2)9(14)17-8-5(3-11)16-10(15)7(13)6(8)12/h4-8,10-13,15H,3H2,1-2H3/t5?,6?,7?,8-,10-/m1/s1. The SMILES string of the molecule is CC(C)C(=O)O[C@@H]1C(CO)O[C@@H](O)C(O)C1O. The van der Waals surface area contributed by atoms with E-state index in [1.54, 1.807) is 13.8 Å². The van der Waals surface area contributed by atoms with E-state index in [-0.39, 0.29) is 0 Å². The maximum atomic E-state index is 11.4. The van der Waals surface area contributed by atoms with E-state index in [1.807, 2.05) is 0 Å². The molecule has 4 N–H and O–H groups in total. The Bertz CT molecular complexity index is 265. The molecule has 0 amide bonds. The minimum Gasteiger partial charge on any atom is -0.456 e. The Hall–Kier alpha value is -0.730. The van der Waals surface area contributed by atoms with Gasteiger partial charge in [-0.05, 0) is 0 Å². The molecule has 0 saturated carbocycles. The van der Waals surface area contributed by atoms with Gasteiger partial charge in [-0.25, -0.2) is 0 Å². The van der Waals surface area contributed by atoms with E-state index in [0.717, 1.165) is 0 Å². The second kappa shape index (κ2) is 5.74. The zero-order chi connectivity index (χ0) is 13.2. The van der Waals surface area contributed by atoms with Crippen molar-refractivity contribution in [1.82, 2.24) is 0 Å². The van der Waals surface area contributed by atoms with Crippen molar-refractivity contribution in [2.45, 2.75) is 44.6 Å². The van der Waals surface area contributed by atoms with E-state index in [9.17, 15) is 20.1 Å². The largest absolute Gasteiger partial charge is 0.456 e. The summed E-state index contributed by atoms with van der Waals surface area (Å²) < 4.78 is 9.77. The molecule has 7 heteroatoms. The highest BCUT2D eigenvalue weighted by atomic mass is 16.7. The normalized spacial score (nSPS) is 38.2. The van der Waals surface area contributed by atoms with Gasteiger partial charge in [0, 0.05) is 0 Å². The molecule has 0 aliphatic carbocycles. The van der Waals surface area contributed by atoms with Crippen LogP contribution in [0.25, 0.3) is 0 Å². The van der Waals surface area contributed by atoms with Gasteiger partial charge in [0.15, 0.2) is 12.4 Å². The number of aliphatic hydroxyl groups is 4. The highest BCUT2D eigenvalue weighted by molar-refractivity contribution is 5.71. The van der Waals surface area contributed by atoms with Gasteiger partial charge in [-0.2, -0.15) is 0 Å². The lowest BCUT2D eigenvalue weighted by molar-refractivity contribution is -0.290. The molecule has 0 radical (unpaired) electrons. The first-order chi connectivity index (χ1) is 7.88. The van der Waals surface area contributed by atoms with Crippen molar-refractivity contribution < 1.29 is 34.7 Å². The highest BCUT2D eigenvalue weighted by Crippen LogP contribution is 2.23. The quantitative estimate of drug-likeness (QED) is 0.427. The van der Waals surface area contributed by atoms with Gasteiger partial charge >= 0.3 is 5.97 Å². The molecule has 3 unspecified atom stereocenters. The van der Waals surface area contributed by atoms with Gasteiger partial charge in [0.1, 0.15) is 18.3 Å². The van der Waals surface area contributed by atoms with Gasteiger partial charge in [-0.3, -0.25) is 4.79 Å². The molecule has 1 fully saturated rings. The third kappa shape index (κ3) is 3.14. The zero-order valence-electron chi connectivity index (χ0n) is 9.68. The molecule has 0 bridgehead atoms. The van der Waals surface area contributed by atoms with Crippen LogP contribution in [0.5, 0.6) is 0 Å². The predicted molar refractivity (Wildman–Crippen MR) is 54.7 cm³/mol. The summed E-state index contributed by atoms with van der Waals surface area (Å²) in [6.07, 6.45) is -6.96. The maximum Gasteiger partial charge on any atom is 0.308 e. The smallest absolute Gasteiger partial charge is 0.308 e. The number of esters is 1. The van der Waals surface area contributed by atoms with Gasteiger partial charge < -0.3 is 29.9 Å². The Morgan fingerprint density at radius 1 is 1.29 bits per heavy atom. The highest BCUT2D eigenvalue weighted by Gasteiger charge is 2.46. The number of hydrogen-bond donors (Lipinski definition) is 4. The Morgan fingerprint density at radius 3 is 2.35 bits per heavy atom. The van der Waals surface area contributed by atoms with Crippen LogP contribution in [0.1, 0.15) is 13.8 Å². The van der Waals surface area contributed by atoms with Crippen LogP contribution < -0.4 is 0 Å². The molecule has 100 valence electrons. The Morgan fingerprint density at radius 2 is 1.88 bits per heavy atom. The predicted octanol–water partition coefficient (Wildman–Crippen LogP) is -2.01. The summed E-state index contributed by atoms with van der Waals surface area (Å²) in [5.41, 5.74) is 0. The molecule has 1 heterocycles. The van der Waals surface area contributed by atoms with Crippen molar-refractivity contribution >= 4 is 5.97 Å². The molecule has 7 nitrogen and oxygen atoms in total. The van der Waals surface area contributed by atoms with E-state index in [0.29, 0.717) is 0 Å². The molecular formula is C10H18O7. The van der Waals surface area contributed by atoms with Gasteiger partial charge in [-0.15, -0.1) is 0 Å². The molecule has 1 rings (SSSR count). The van der Waals surface area contributed by atoms with Crippen LogP contribution in [0.15, 0.2) is 0 Å². The van der Waals surface area contributed by atoms with E-state index in [2.05, 4.69) is 0 Å². The Labute approximate surface area is 98.6 Å². The fourth-order valence-electron chi connectivity index (χ4n) is 1.48. The Balaban J connectivity index is 2.75.